The zero-order valence-electron chi connectivity index (χ0n) is 14.5. The number of aromatic nitrogens is 1. The summed E-state index contributed by atoms with van der Waals surface area (Å²) in [6, 6.07) is 9.83. The van der Waals surface area contributed by atoms with Crippen LogP contribution in [0.5, 0.6) is 0 Å². The van der Waals surface area contributed by atoms with Crippen LogP contribution in [0.15, 0.2) is 41.6 Å². The van der Waals surface area contributed by atoms with Crippen LogP contribution in [0.4, 0.5) is 5.69 Å². The first-order valence-corrected chi connectivity index (χ1v) is 9.41. The normalized spacial score (nSPS) is 11.1. The van der Waals surface area contributed by atoms with Gasteiger partial charge >= 0.3 is 0 Å². The number of nitrogens with one attached hydrogen (secondary N) is 1. The van der Waals surface area contributed by atoms with Crippen molar-refractivity contribution < 1.29 is 4.79 Å². The van der Waals surface area contributed by atoms with Gasteiger partial charge in [-0.2, -0.15) is 0 Å². The first-order valence-electron chi connectivity index (χ1n) is 8.05. The monoisotopic (exact) mass is 362 g/mol. The second-order valence-electron chi connectivity index (χ2n) is 6.27. The summed E-state index contributed by atoms with van der Waals surface area (Å²) in [6.07, 6.45) is 1.59. The Morgan fingerprint density at radius 3 is 2.25 bits per heavy atom. The van der Waals surface area contributed by atoms with Gasteiger partial charge in [0.25, 0.3) is 0 Å². The predicted octanol–water partition coefficient (Wildman–Crippen LogP) is 5.71. The van der Waals surface area contributed by atoms with Gasteiger partial charge in [-0.25, -0.2) is 4.98 Å². The number of anilines is 1. The first-order chi connectivity index (χ1) is 11.4. The molecule has 0 spiro atoms. The molecule has 1 N–H and O–H groups in total. The van der Waals surface area contributed by atoms with Crippen LogP contribution >= 0.6 is 23.4 Å². The fourth-order valence-corrected chi connectivity index (χ4v) is 3.21. The Morgan fingerprint density at radius 2 is 1.75 bits per heavy atom. The molecule has 2 rings (SSSR count). The van der Waals surface area contributed by atoms with E-state index in [0.29, 0.717) is 22.6 Å². The molecule has 0 saturated carbocycles. The zero-order valence-corrected chi connectivity index (χ0v) is 16.0. The number of pyridine rings is 1. The fraction of sp³-hybridized carbons (Fsp3) is 0.368. The summed E-state index contributed by atoms with van der Waals surface area (Å²) in [5.41, 5.74) is 3.30. The molecule has 0 unspecified atom stereocenters. The number of thioether (sulfide) groups is 1. The van der Waals surface area contributed by atoms with Gasteiger partial charge in [0.15, 0.2) is 0 Å². The first kappa shape index (κ1) is 18.8. The van der Waals surface area contributed by atoms with Crippen LogP contribution < -0.4 is 5.32 Å². The average molecular weight is 363 g/mol. The molecule has 0 radical (unpaired) electrons. The summed E-state index contributed by atoms with van der Waals surface area (Å²) in [5.74, 6) is 0.999. The Labute approximate surface area is 153 Å². The molecule has 128 valence electrons. The smallest absolute Gasteiger partial charge is 0.234 e. The highest BCUT2D eigenvalue weighted by molar-refractivity contribution is 7.99. The van der Waals surface area contributed by atoms with Gasteiger partial charge in [0.05, 0.1) is 15.8 Å². The molecule has 0 atom stereocenters. The quantitative estimate of drug-likeness (QED) is 0.669. The molecule has 1 heterocycles. The van der Waals surface area contributed by atoms with Gasteiger partial charge in [-0.15, -0.1) is 0 Å². The van der Waals surface area contributed by atoms with Crippen LogP contribution in [-0.4, -0.2) is 16.6 Å². The lowest BCUT2D eigenvalue weighted by atomic mass is 9.92. The Balaban J connectivity index is 2.11. The Bertz CT molecular complexity index is 673. The van der Waals surface area contributed by atoms with E-state index < -0.39 is 0 Å². The maximum Gasteiger partial charge on any atom is 0.234 e. The maximum atomic E-state index is 12.4. The highest BCUT2D eigenvalue weighted by Crippen LogP contribution is 2.32. The molecule has 0 fully saturated rings. The predicted molar refractivity (Wildman–Crippen MR) is 103 cm³/mol. The number of amides is 1. The Hall–Kier alpha value is -1.52. The van der Waals surface area contributed by atoms with Crippen LogP contribution in [0.2, 0.25) is 5.02 Å². The van der Waals surface area contributed by atoms with Gasteiger partial charge < -0.3 is 5.32 Å². The van der Waals surface area contributed by atoms with Crippen molar-refractivity contribution in [1.82, 2.24) is 4.98 Å². The highest BCUT2D eigenvalue weighted by atomic mass is 35.5. The van der Waals surface area contributed by atoms with Crippen molar-refractivity contribution in [2.45, 2.75) is 44.6 Å². The minimum absolute atomic E-state index is 0.0215. The van der Waals surface area contributed by atoms with Crippen molar-refractivity contribution >= 4 is 35.0 Å². The standard InChI is InChI=1S/C19H23ClN2OS/c1-12(2)15-6-5-7-16(13(3)4)19(15)22-17(23)11-24-18-9-8-14(20)10-21-18/h5-10,12-13H,11H2,1-4H3,(H,22,23). The molecule has 5 heteroatoms. The highest BCUT2D eigenvalue weighted by Gasteiger charge is 2.16. The van der Waals surface area contributed by atoms with Crippen molar-refractivity contribution in [3.63, 3.8) is 0 Å². The number of hydrogen-bond donors (Lipinski definition) is 1. The SMILES string of the molecule is CC(C)c1cccc(C(C)C)c1NC(=O)CSc1ccc(Cl)cn1. The third-order valence-corrected chi connectivity index (χ3v) is 4.86. The van der Waals surface area contributed by atoms with Crippen molar-refractivity contribution in [2.24, 2.45) is 0 Å². The molecule has 0 aliphatic rings. The van der Waals surface area contributed by atoms with Gasteiger partial charge in [0.2, 0.25) is 5.91 Å². The third-order valence-electron chi connectivity index (χ3n) is 3.69. The van der Waals surface area contributed by atoms with Crippen LogP contribution in [0.25, 0.3) is 0 Å². The maximum absolute atomic E-state index is 12.4. The van der Waals surface area contributed by atoms with E-state index in [4.69, 9.17) is 11.6 Å². The number of halogens is 1. The van der Waals surface area contributed by atoms with E-state index in [1.54, 1.807) is 12.3 Å². The lowest BCUT2D eigenvalue weighted by Crippen LogP contribution is -2.17. The lowest BCUT2D eigenvalue weighted by Gasteiger charge is -2.20. The number of benzene rings is 1. The molecule has 2 aromatic rings. The number of hydrogen-bond acceptors (Lipinski definition) is 3. The second kappa shape index (κ2) is 8.54. The van der Waals surface area contributed by atoms with E-state index in [-0.39, 0.29) is 5.91 Å². The lowest BCUT2D eigenvalue weighted by molar-refractivity contribution is -0.113. The molecule has 3 nitrogen and oxygen atoms in total. The largest absolute Gasteiger partial charge is 0.325 e. The number of carbonyl (C=O) groups is 1. The topological polar surface area (TPSA) is 42.0 Å². The van der Waals surface area contributed by atoms with E-state index in [1.807, 2.05) is 6.07 Å². The second-order valence-corrected chi connectivity index (χ2v) is 7.70. The summed E-state index contributed by atoms with van der Waals surface area (Å²) in [6.45, 7) is 8.56. The number of nitrogens with zero attached hydrogens (tertiary/aromatic N) is 1. The molecule has 1 aromatic carbocycles. The molecular weight excluding hydrogens is 340 g/mol. The van der Waals surface area contributed by atoms with Crippen molar-refractivity contribution in [1.29, 1.82) is 0 Å². The van der Waals surface area contributed by atoms with Gasteiger partial charge in [0.1, 0.15) is 0 Å². The Kier molecular flexibility index (Phi) is 6.69. The summed E-state index contributed by atoms with van der Waals surface area (Å²) in [4.78, 5) is 16.6. The fourth-order valence-electron chi connectivity index (χ4n) is 2.46. The molecule has 0 aliphatic heterocycles. The molecule has 0 bridgehead atoms. The molecule has 1 amide bonds. The van der Waals surface area contributed by atoms with E-state index in [2.05, 4.69) is 56.2 Å². The van der Waals surface area contributed by atoms with Crippen molar-refractivity contribution in [3.8, 4) is 0 Å². The summed E-state index contributed by atoms with van der Waals surface area (Å²) in [5, 5.41) is 4.49. The van der Waals surface area contributed by atoms with E-state index in [1.165, 1.54) is 22.9 Å². The molecule has 24 heavy (non-hydrogen) atoms. The molecule has 0 aliphatic carbocycles. The minimum atomic E-state index is -0.0215. The van der Waals surface area contributed by atoms with Crippen molar-refractivity contribution in [3.05, 3.63) is 52.7 Å². The summed E-state index contributed by atoms with van der Waals surface area (Å²) < 4.78 is 0. The Morgan fingerprint density at radius 1 is 1.12 bits per heavy atom. The van der Waals surface area contributed by atoms with Crippen molar-refractivity contribution in [2.75, 3.05) is 11.1 Å². The molecule has 1 aromatic heterocycles. The number of carbonyl (C=O) groups excluding carboxylic acids is 1. The minimum Gasteiger partial charge on any atom is -0.325 e. The van der Waals surface area contributed by atoms with Crippen LogP contribution in [0, 0.1) is 0 Å². The molecule has 0 saturated heterocycles. The van der Waals surface area contributed by atoms with Gasteiger partial charge in [0, 0.05) is 11.9 Å². The zero-order chi connectivity index (χ0) is 17.7. The summed E-state index contributed by atoms with van der Waals surface area (Å²) in [7, 11) is 0. The van der Waals surface area contributed by atoms with Gasteiger partial charge in [-0.1, -0.05) is 69.3 Å². The molecular formula is C19H23ClN2OS. The van der Waals surface area contributed by atoms with Gasteiger partial charge in [-0.05, 0) is 35.1 Å². The van der Waals surface area contributed by atoms with Gasteiger partial charge in [-0.3, -0.25) is 4.79 Å². The van der Waals surface area contributed by atoms with Crippen LogP contribution in [-0.2, 0) is 4.79 Å². The van der Waals surface area contributed by atoms with E-state index in [9.17, 15) is 4.79 Å². The van der Waals surface area contributed by atoms with E-state index >= 15 is 0 Å². The average Bonchev–Trinajstić information content (AvgIpc) is 2.54. The van der Waals surface area contributed by atoms with Crippen LogP contribution in [0.1, 0.15) is 50.7 Å². The number of para-hydroxylation sites is 1. The van der Waals surface area contributed by atoms with E-state index in [0.717, 1.165) is 10.7 Å². The number of rotatable bonds is 6. The van der Waals surface area contributed by atoms with Crippen LogP contribution in [0.3, 0.4) is 0 Å². The third kappa shape index (κ3) is 4.99. The summed E-state index contributed by atoms with van der Waals surface area (Å²) >= 11 is 7.23.